The fourth-order valence-electron chi connectivity index (χ4n) is 4.37. The summed E-state index contributed by atoms with van der Waals surface area (Å²) in [4.78, 5) is 5.75. The predicted octanol–water partition coefficient (Wildman–Crippen LogP) is 3.69. The molecule has 2 aromatic rings. The van der Waals surface area contributed by atoms with Crippen molar-refractivity contribution in [2.24, 2.45) is 5.92 Å². The van der Waals surface area contributed by atoms with Crippen LogP contribution in [0, 0.1) is 17.2 Å². The number of aromatic amines is 1. The molecule has 2 unspecified atom stereocenters. The number of benzene rings is 1. The highest BCUT2D eigenvalue weighted by molar-refractivity contribution is 6.32. The van der Waals surface area contributed by atoms with Crippen LogP contribution in [-0.2, 0) is 6.42 Å². The molecule has 1 saturated heterocycles. The number of halogens is 1. The van der Waals surface area contributed by atoms with E-state index in [1.54, 1.807) is 0 Å². The summed E-state index contributed by atoms with van der Waals surface area (Å²) in [5.74, 6) is 0.998. The standard InChI is InChI=1S/C17H18ClN3/c1-21-9-10(5-6-19)7-12-11-3-2-4-14-16(11)13(8-15(12)21)17(18)20-14/h2-4,10,12,15,20H,5,7-9H2,1H3/t10?,12-,15?/m1/s1. The number of likely N-dealkylation sites (N-methyl/N-ethyl adjacent to an activating group) is 1. The highest BCUT2D eigenvalue weighted by Crippen LogP contribution is 2.46. The number of likely N-dealkylation sites (tertiary alicyclic amines) is 1. The van der Waals surface area contributed by atoms with E-state index in [2.05, 4.69) is 41.2 Å². The van der Waals surface area contributed by atoms with Gasteiger partial charge in [-0.25, -0.2) is 0 Å². The Hall–Kier alpha value is -1.50. The second-order valence-electron chi connectivity index (χ2n) is 6.47. The van der Waals surface area contributed by atoms with Gasteiger partial charge in [0, 0.05) is 35.8 Å². The van der Waals surface area contributed by atoms with Crippen LogP contribution in [0.2, 0.25) is 5.15 Å². The summed E-state index contributed by atoms with van der Waals surface area (Å²) in [6.45, 7) is 1.02. The molecule has 4 heteroatoms. The van der Waals surface area contributed by atoms with Gasteiger partial charge in [-0.15, -0.1) is 0 Å². The van der Waals surface area contributed by atoms with Crippen molar-refractivity contribution in [3.05, 3.63) is 34.5 Å². The molecule has 0 spiro atoms. The Morgan fingerprint density at radius 2 is 2.33 bits per heavy atom. The number of nitrogens with zero attached hydrogens (tertiary/aromatic N) is 2. The molecule has 2 heterocycles. The number of aromatic nitrogens is 1. The maximum atomic E-state index is 9.02. The third-order valence-electron chi connectivity index (χ3n) is 5.26. The highest BCUT2D eigenvalue weighted by atomic mass is 35.5. The number of hydrogen-bond acceptors (Lipinski definition) is 2. The van der Waals surface area contributed by atoms with E-state index in [1.807, 2.05) is 0 Å². The predicted molar refractivity (Wildman–Crippen MR) is 84.5 cm³/mol. The van der Waals surface area contributed by atoms with Gasteiger partial charge in [0.1, 0.15) is 5.15 Å². The van der Waals surface area contributed by atoms with Gasteiger partial charge in [-0.3, -0.25) is 0 Å². The van der Waals surface area contributed by atoms with Crippen molar-refractivity contribution in [3.8, 4) is 6.07 Å². The van der Waals surface area contributed by atoms with E-state index < -0.39 is 0 Å². The van der Waals surface area contributed by atoms with Gasteiger partial charge in [0.05, 0.1) is 6.07 Å². The van der Waals surface area contributed by atoms with Gasteiger partial charge in [0.2, 0.25) is 0 Å². The molecule has 1 fully saturated rings. The number of H-pyrrole nitrogens is 1. The normalized spacial score (nSPS) is 28.3. The van der Waals surface area contributed by atoms with E-state index in [1.165, 1.54) is 16.5 Å². The molecule has 3 nitrogen and oxygen atoms in total. The van der Waals surface area contributed by atoms with Gasteiger partial charge in [-0.05, 0) is 43.0 Å². The number of nitriles is 1. The lowest BCUT2D eigenvalue weighted by atomic mass is 9.72. The second-order valence-corrected chi connectivity index (χ2v) is 6.85. The zero-order valence-corrected chi connectivity index (χ0v) is 12.8. The SMILES string of the molecule is CN1CC(CC#N)C[C@@H]2c3cccc4[nH]c(Cl)c(c34)CC21. The minimum Gasteiger partial charge on any atom is -0.345 e. The van der Waals surface area contributed by atoms with E-state index in [0.29, 0.717) is 24.3 Å². The van der Waals surface area contributed by atoms with Crippen LogP contribution >= 0.6 is 11.6 Å². The van der Waals surface area contributed by atoms with Crippen molar-refractivity contribution >= 4 is 22.5 Å². The molecule has 3 atom stereocenters. The number of piperidine rings is 1. The molecule has 1 aromatic carbocycles. The van der Waals surface area contributed by atoms with Crippen molar-refractivity contribution in [1.29, 1.82) is 5.26 Å². The van der Waals surface area contributed by atoms with Crippen LogP contribution in [0.25, 0.3) is 10.9 Å². The summed E-state index contributed by atoms with van der Waals surface area (Å²) >= 11 is 6.41. The number of nitrogens with one attached hydrogen (secondary N) is 1. The van der Waals surface area contributed by atoms with Crippen molar-refractivity contribution in [3.63, 3.8) is 0 Å². The van der Waals surface area contributed by atoms with Gasteiger partial charge in [-0.1, -0.05) is 23.7 Å². The first kappa shape index (κ1) is 13.2. The van der Waals surface area contributed by atoms with Gasteiger partial charge >= 0.3 is 0 Å². The lowest BCUT2D eigenvalue weighted by Gasteiger charge is -2.45. The van der Waals surface area contributed by atoms with E-state index >= 15 is 0 Å². The Balaban J connectivity index is 1.84. The maximum absolute atomic E-state index is 9.02. The molecule has 2 aliphatic rings. The van der Waals surface area contributed by atoms with Crippen LogP contribution in [0.4, 0.5) is 0 Å². The third kappa shape index (κ3) is 1.90. The third-order valence-corrected chi connectivity index (χ3v) is 5.59. The Kier molecular flexibility index (Phi) is 2.99. The second kappa shape index (κ2) is 4.76. The first-order valence-corrected chi connectivity index (χ1v) is 7.93. The largest absolute Gasteiger partial charge is 0.345 e. The summed E-state index contributed by atoms with van der Waals surface area (Å²) in [7, 11) is 2.19. The number of rotatable bonds is 1. The molecular weight excluding hydrogens is 282 g/mol. The quantitative estimate of drug-likeness (QED) is 0.872. The van der Waals surface area contributed by atoms with Crippen LogP contribution < -0.4 is 0 Å². The molecule has 0 radical (unpaired) electrons. The van der Waals surface area contributed by atoms with Gasteiger partial charge < -0.3 is 9.88 Å². The average Bonchev–Trinajstić information content (AvgIpc) is 2.78. The van der Waals surface area contributed by atoms with Crippen molar-refractivity contribution in [2.75, 3.05) is 13.6 Å². The lowest BCUT2D eigenvalue weighted by molar-refractivity contribution is 0.113. The van der Waals surface area contributed by atoms with Gasteiger partial charge in [0.25, 0.3) is 0 Å². The molecule has 1 aliphatic carbocycles. The Labute approximate surface area is 129 Å². The Morgan fingerprint density at radius 3 is 3.14 bits per heavy atom. The van der Waals surface area contributed by atoms with Crippen LogP contribution in [0.15, 0.2) is 18.2 Å². The monoisotopic (exact) mass is 299 g/mol. The van der Waals surface area contributed by atoms with Crippen molar-refractivity contribution < 1.29 is 0 Å². The summed E-state index contributed by atoms with van der Waals surface area (Å²) in [5.41, 5.74) is 3.83. The fraction of sp³-hybridized carbons (Fsp3) is 0.471. The molecule has 0 bridgehead atoms. The van der Waals surface area contributed by atoms with E-state index in [0.717, 1.165) is 30.1 Å². The Bertz CT molecular complexity index is 742. The average molecular weight is 300 g/mol. The fourth-order valence-corrected chi connectivity index (χ4v) is 4.65. The zero-order valence-electron chi connectivity index (χ0n) is 12.1. The molecule has 21 heavy (non-hydrogen) atoms. The number of hydrogen-bond donors (Lipinski definition) is 1. The zero-order chi connectivity index (χ0) is 14.6. The van der Waals surface area contributed by atoms with E-state index in [4.69, 9.17) is 16.9 Å². The molecule has 1 aromatic heterocycles. The summed E-state index contributed by atoms with van der Waals surface area (Å²) in [6, 6.07) is 9.32. The molecule has 4 rings (SSSR count). The van der Waals surface area contributed by atoms with E-state index in [9.17, 15) is 0 Å². The topological polar surface area (TPSA) is 42.8 Å². The molecule has 1 aliphatic heterocycles. The van der Waals surface area contributed by atoms with Crippen LogP contribution in [0.5, 0.6) is 0 Å². The first-order valence-electron chi connectivity index (χ1n) is 7.55. The van der Waals surface area contributed by atoms with Crippen LogP contribution in [-0.4, -0.2) is 29.5 Å². The first-order chi connectivity index (χ1) is 10.2. The molecular formula is C17H18ClN3. The summed E-state index contributed by atoms with van der Waals surface area (Å²) in [6.07, 6.45) is 2.78. The van der Waals surface area contributed by atoms with E-state index in [-0.39, 0.29) is 0 Å². The smallest absolute Gasteiger partial charge is 0.110 e. The Morgan fingerprint density at radius 1 is 1.48 bits per heavy atom. The molecule has 0 amide bonds. The molecule has 0 saturated carbocycles. The van der Waals surface area contributed by atoms with Crippen LogP contribution in [0.3, 0.4) is 0 Å². The maximum Gasteiger partial charge on any atom is 0.110 e. The van der Waals surface area contributed by atoms with Crippen LogP contribution in [0.1, 0.15) is 29.9 Å². The minimum absolute atomic E-state index is 0.479. The minimum atomic E-state index is 0.479. The van der Waals surface area contributed by atoms with Crippen molar-refractivity contribution in [2.45, 2.75) is 31.2 Å². The van der Waals surface area contributed by atoms with Crippen molar-refractivity contribution in [1.82, 2.24) is 9.88 Å². The van der Waals surface area contributed by atoms with Gasteiger partial charge in [-0.2, -0.15) is 5.26 Å². The van der Waals surface area contributed by atoms with Gasteiger partial charge in [0.15, 0.2) is 0 Å². The lowest BCUT2D eigenvalue weighted by Crippen LogP contribution is -2.47. The summed E-state index contributed by atoms with van der Waals surface area (Å²) in [5, 5.41) is 11.1. The molecule has 108 valence electrons. The highest BCUT2D eigenvalue weighted by Gasteiger charge is 2.39. The summed E-state index contributed by atoms with van der Waals surface area (Å²) < 4.78 is 0. The number of fused-ring (bicyclic) bond motifs is 2. The molecule has 1 N–H and O–H groups in total.